The van der Waals surface area contributed by atoms with Crippen LogP contribution in [0.15, 0.2) is 0 Å². The summed E-state index contributed by atoms with van der Waals surface area (Å²) in [5.74, 6) is 0.505. The van der Waals surface area contributed by atoms with E-state index in [0.717, 1.165) is 45.8 Å². The number of nitrogens with one attached hydrogen (secondary N) is 1. The van der Waals surface area contributed by atoms with E-state index in [-0.39, 0.29) is 0 Å². The Hall–Kier alpha value is -0.650. The van der Waals surface area contributed by atoms with Crippen LogP contribution in [0, 0.1) is 0 Å². The van der Waals surface area contributed by atoms with Gasteiger partial charge in [0.1, 0.15) is 0 Å². The van der Waals surface area contributed by atoms with Crippen molar-refractivity contribution < 1.29 is 0 Å². The highest BCUT2D eigenvalue weighted by Gasteiger charge is 2.21. The highest BCUT2D eigenvalue weighted by Crippen LogP contribution is 2.31. The van der Waals surface area contributed by atoms with Gasteiger partial charge in [0.05, 0.1) is 5.69 Å². The molecule has 1 aliphatic heterocycles. The average Bonchev–Trinajstić information content (AvgIpc) is 2.92. The maximum atomic E-state index is 4.95. The molecule has 2 rings (SSSR count). The summed E-state index contributed by atoms with van der Waals surface area (Å²) < 4.78 is 0. The molecule has 0 saturated carbocycles. The Morgan fingerprint density at radius 1 is 1.19 bits per heavy atom. The van der Waals surface area contributed by atoms with Crippen LogP contribution >= 0.6 is 11.3 Å². The molecule has 2 heterocycles. The van der Waals surface area contributed by atoms with Crippen molar-refractivity contribution in [2.45, 2.75) is 46.6 Å². The van der Waals surface area contributed by atoms with Crippen LogP contribution in [-0.4, -0.2) is 49.2 Å². The van der Waals surface area contributed by atoms with Crippen LogP contribution < -0.4 is 10.2 Å². The van der Waals surface area contributed by atoms with E-state index >= 15 is 0 Å². The number of nitrogens with zero attached hydrogens (tertiary/aromatic N) is 3. The van der Waals surface area contributed by atoms with Crippen LogP contribution in [0.4, 0.5) is 5.13 Å². The van der Waals surface area contributed by atoms with E-state index in [1.54, 1.807) is 0 Å². The zero-order valence-electron chi connectivity index (χ0n) is 14.0. The van der Waals surface area contributed by atoms with Crippen molar-refractivity contribution in [1.82, 2.24) is 15.2 Å². The molecule has 0 atom stereocenters. The van der Waals surface area contributed by atoms with Crippen molar-refractivity contribution in [1.29, 1.82) is 0 Å². The number of hydrogen-bond acceptors (Lipinski definition) is 5. The smallest absolute Gasteiger partial charge is 0.185 e. The van der Waals surface area contributed by atoms with E-state index in [0.29, 0.717) is 5.92 Å². The number of piperazine rings is 1. The van der Waals surface area contributed by atoms with Crippen molar-refractivity contribution >= 4 is 16.5 Å². The number of aromatic nitrogens is 1. The number of anilines is 1. The van der Waals surface area contributed by atoms with Crippen LogP contribution in [-0.2, 0) is 6.54 Å². The van der Waals surface area contributed by atoms with E-state index in [1.807, 2.05) is 11.3 Å². The Kier molecular flexibility index (Phi) is 6.45. The molecule has 0 aliphatic carbocycles. The Balaban J connectivity index is 2.04. The fraction of sp³-hybridized carbons (Fsp3) is 0.812. The lowest BCUT2D eigenvalue weighted by Gasteiger charge is -2.33. The standard InChI is InChI=1S/C16H30N4S/c1-5-7-17-12-14-15(13(3)4)18-16(21-14)20-10-8-19(6-2)9-11-20/h13,17H,5-12H2,1-4H3. The summed E-state index contributed by atoms with van der Waals surface area (Å²) in [6, 6.07) is 0. The predicted molar refractivity (Wildman–Crippen MR) is 92.5 cm³/mol. The highest BCUT2D eigenvalue weighted by molar-refractivity contribution is 7.15. The molecule has 5 heteroatoms. The van der Waals surface area contributed by atoms with Crippen molar-refractivity contribution in [2.75, 3.05) is 44.2 Å². The molecule has 4 nitrogen and oxygen atoms in total. The molecule has 1 aliphatic rings. The highest BCUT2D eigenvalue weighted by atomic mass is 32.1. The van der Waals surface area contributed by atoms with E-state index in [4.69, 9.17) is 4.98 Å². The fourth-order valence-electron chi connectivity index (χ4n) is 2.70. The molecule has 120 valence electrons. The zero-order chi connectivity index (χ0) is 15.2. The van der Waals surface area contributed by atoms with Crippen LogP contribution in [0.2, 0.25) is 0 Å². The molecular weight excluding hydrogens is 280 g/mol. The van der Waals surface area contributed by atoms with E-state index in [1.165, 1.54) is 22.1 Å². The Labute approximate surface area is 133 Å². The predicted octanol–water partition coefficient (Wildman–Crippen LogP) is 2.91. The number of thiazole rings is 1. The molecule has 0 spiro atoms. The molecule has 0 amide bonds. The van der Waals surface area contributed by atoms with E-state index in [9.17, 15) is 0 Å². The maximum absolute atomic E-state index is 4.95. The minimum absolute atomic E-state index is 0.505. The number of rotatable bonds is 7. The lowest BCUT2D eigenvalue weighted by Crippen LogP contribution is -2.46. The van der Waals surface area contributed by atoms with Gasteiger partial charge in [-0.2, -0.15) is 0 Å². The third kappa shape index (κ3) is 4.41. The SMILES string of the molecule is CCCNCc1sc(N2CCN(CC)CC2)nc1C(C)C. The van der Waals surface area contributed by atoms with Crippen molar-refractivity contribution in [3.05, 3.63) is 10.6 Å². The molecule has 1 N–H and O–H groups in total. The summed E-state index contributed by atoms with van der Waals surface area (Å²) in [5.41, 5.74) is 1.29. The van der Waals surface area contributed by atoms with Crippen molar-refractivity contribution in [2.24, 2.45) is 0 Å². The first kappa shape index (κ1) is 16.7. The quantitative estimate of drug-likeness (QED) is 0.785. The normalized spacial score (nSPS) is 16.9. The lowest BCUT2D eigenvalue weighted by molar-refractivity contribution is 0.271. The molecule has 1 aromatic rings. The maximum Gasteiger partial charge on any atom is 0.185 e. The number of hydrogen-bond donors (Lipinski definition) is 1. The van der Waals surface area contributed by atoms with E-state index < -0.39 is 0 Å². The topological polar surface area (TPSA) is 31.4 Å². The first-order valence-electron chi connectivity index (χ1n) is 8.33. The first-order chi connectivity index (χ1) is 10.2. The fourth-order valence-corrected chi connectivity index (χ4v) is 3.93. The van der Waals surface area contributed by atoms with Gasteiger partial charge >= 0.3 is 0 Å². The van der Waals surface area contributed by atoms with Crippen LogP contribution in [0.5, 0.6) is 0 Å². The Bertz CT molecular complexity index is 422. The second kappa shape index (κ2) is 8.11. The average molecular weight is 311 g/mol. The number of likely N-dealkylation sites (N-methyl/N-ethyl adjacent to an activating group) is 1. The molecular formula is C16H30N4S. The summed E-state index contributed by atoms with van der Waals surface area (Å²) in [7, 11) is 0. The van der Waals surface area contributed by atoms with Gasteiger partial charge in [-0.25, -0.2) is 4.98 Å². The van der Waals surface area contributed by atoms with Crippen LogP contribution in [0.3, 0.4) is 0 Å². The van der Waals surface area contributed by atoms with Gasteiger partial charge in [0, 0.05) is 37.6 Å². The first-order valence-corrected chi connectivity index (χ1v) is 9.14. The minimum Gasteiger partial charge on any atom is -0.346 e. The molecule has 21 heavy (non-hydrogen) atoms. The summed E-state index contributed by atoms with van der Waals surface area (Å²) >= 11 is 1.89. The van der Waals surface area contributed by atoms with Crippen LogP contribution in [0.25, 0.3) is 0 Å². The molecule has 1 fully saturated rings. The molecule has 0 unspecified atom stereocenters. The van der Waals surface area contributed by atoms with Crippen molar-refractivity contribution in [3.8, 4) is 0 Å². The molecule has 0 radical (unpaired) electrons. The van der Waals surface area contributed by atoms with Gasteiger partial charge < -0.3 is 15.1 Å². The molecule has 1 saturated heterocycles. The summed E-state index contributed by atoms with van der Waals surface area (Å²) in [5, 5.41) is 4.75. The van der Waals surface area contributed by atoms with E-state index in [2.05, 4.69) is 42.8 Å². The monoisotopic (exact) mass is 310 g/mol. The van der Waals surface area contributed by atoms with Gasteiger partial charge in [0.25, 0.3) is 0 Å². The zero-order valence-corrected chi connectivity index (χ0v) is 14.8. The summed E-state index contributed by atoms with van der Waals surface area (Å²) in [6.07, 6.45) is 1.18. The van der Waals surface area contributed by atoms with Gasteiger partial charge in [-0.3, -0.25) is 0 Å². The van der Waals surface area contributed by atoms with Crippen molar-refractivity contribution in [3.63, 3.8) is 0 Å². The van der Waals surface area contributed by atoms with Gasteiger partial charge in [-0.05, 0) is 25.4 Å². The third-order valence-electron chi connectivity index (χ3n) is 4.07. The van der Waals surface area contributed by atoms with Crippen LogP contribution in [0.1, 0.15) is 50.6 Å². The largest absolute Gasteiger partial charge is 0.346 e. The molecule has 0 bridgehead atoms. The molecule has 1 aromatic heterocycles. The summed E-state index contributed by atoms with van der Waals surface area (Å²) in [6.45, 7) is 16.7. The third-order valence-corrected chi connectivity index (χ3v) is 5.20. The van der Waals surface area contributed by atoms with Gasteiger partial charge in [0.15, 0.2) is 5.13 Å². The Morgan fingerprint density at radius 3 is 2.48 bits per heavy atom. The van der Waals surface area contributed by atoms with Gasteiger partial charge in [-0.15, -0.1) is 11.3 Å². The Morgan fingerprint density at radius 2 is 1.90 bits per heavy atom. The minimum atomic E-state index is 0.505. The van der Waals surface area contributed by atoms with Gasteiger partial charge in [0.2, 0.25) is 0 Å². The van der Waals surface area contributed by atoms with Gasteiger partial charge in [-0.1, -0.05) is 27.7 Å². The second-order valence-corrected chi connectivity index (χ2v) is 7.12. The second-order valence-electron chi connectivity index (χ2n) is 6.06. The summed E-state index contributed by atoms with van der Waals surface area (Å²) in [4.78, 5) is 11.3. The lowest BCUT2D eigenvalue weighted by atomic mass is 10.1. The molecule has 0 aromatic carbocycles.